The second-order valence-electron chi connectivity index (χ2n) is 3.81. The Labute approximate surface area is 90.2 Å². The summed E-state index contributed by atoms with van der Waals surface area (Å²) in [6.45, 7) is 4.54. The van der Waals surface area contributed by atoms with Crippen LogP contribution in [0.25, 0.3) is 0 Å². The van der Waals surface area contributed by atoms with E-state index in [1.807, 2.05) is 7.05 Å². The summed E-state index contributed by atoms with van der Waals surface area (Å²) in [5, 5.41) is 0. The highest BCUT2D eigenvalue weighted by Crippen LogP contribution is 2.24. The Morgan fingerprint density at radius 3 is 2.71 bits per heavy atom. The minimum absolute atomic E-state index is 0.137. The van der Waals surface area contributed by atoms with Gasteiger partial charge in [0.05, 0.1) is 4.91 Å². The van der Waals surface area contributed by atoms with Crippen molar-refractivity contribution in [1.29, 1.82) is 0 Å². The Bertz CT molecular complexity index is 313. The van der Waals surface area contributed by atoms with Crippen LogP contribution in [0.4, 0.5) is 0 Å². The van der Waals surface area contributed by atoms with Gasteiger partial charge in [-0.1, -0.05) is 13.0 Å². The quantitative estimate of drug-likeness (QED) is 0.704. The molecule has 1 heterocycles. The van der Waals surface area contributed by atoms with Crippen molar-refractivity contribution >= 4 is 19.7 Å². The molecule has 0 radical (unpaired) electrons. The summed E-state index contributed by atoms with van der Waals surface area (Å²) in [5.41, 5.74) is 0. The number of rotatable bonds is 3. The third-order valence-electron chi connectivity index (χ3n) is 2.73. The molecule has 3 nitrogen and oxygen atoms in total. The van der Waals surface area contributed by atoms with Crippen molar-refractivity contribution < 1.29 is 8.42 Å². The summed E-state index contributed by atoms with van der Waals surface area (Å²) in [6, 6.07) is 0.282. The molecular weight excluding hydrogens is 222 g/mol. The first-order valence-corrected chi connectivity index (χ1v) is 7.05. The van der Waals surface area contributed by atoms with Gasteiger partial charge in [0.15, 0.2) is 0 Å². The summed E-state index contributed by atoms with van der Waals surface area (Å²) in [5.74, 6) is 0. The fraction of sp³-hybridized carbons (Fsp3) is 0.778. The lowest BCUT2D eigenvalue weighted by Crippen LogP contribution is -2.36. The molecule has 0 aliphatic carbocycles. The molecule has 1 unspecified atom stereocenters. The third kappa shape index (κ3) is 3.26. The van der Waals surface area contributed by atoms with Crippen LogP contribution in [0.1, 0.15) is 25.7 Å². The van der Waals surface area contributed by atoms with Crippen LogP contribution in [0, 0.1) is 0 Å². The lowest BCUT2D eigenvalue weighted by Gasteiger charge is -2.32. The Morgan fingerprint density at radius 2 is 2.21 bits per heavy atom. The van der Waals surface area contributed by atoms with Crippen molar-refractivity contribution in [3.8, 4) is 0 Å². The van der Waals surface area contributed by atoms with E-state index in [9.17, 15) is 8.42 Å². The Balaban J connectivity index is 2.55. The molecule has 82 valence electrons. The molecule has 1 fully saturated rings. The van der Waals surface area contributed by atoms with Crippen LogP contribution >= 0.6 is 10.7 Å². The third-order valence-corrected chi connectivity index (χ3v) is 4.24. The van der Waals surface area contributed by atoms with E-state index in [1.165, 1.54) is 6.42 Å². The van der Waals surface area contributed by atoms with Crippen molar-refractivity contribution in [2.45, 2.75) is 31.7 Å². The van der Waals surface area contributed by atoms with Gasteiger partial charge in [0.25, 0.3) is 9.05 Å². The average Bonchev–Trinajstić information content (AvgIpc) is 2.07. The van der Waals surface area contributed by atoms with E-state index in [2.05, 4.69) is 11.5 Å². The van der Waals surface area contributed by atoms with Crippen LogP contribution in [-0.2, 0) is 9.05 Å². The van der Waals surface area contributed by atoms with Crippen LogP contribution in [-0.4, -0.2) is 33.0 Å². The smallest absolute Gasteiger partial charge is 0.256 e. The summed E-state index contributed by atoms with van der Waals surface area (Å²) in [6.07, 6.45) is 3.84. The normalized spacial score (nSPS) is 24.9. The van der Waals surface area contributed by atoms with E-state index < -0.39 is 9.05 Å². The summed E-state index contributed by atoms with van der Waals surface area (Å²) in [7, 11) is 3.64. The average molecular weight is 238 g/mol. The van der Waals surface area contributed by atoms with Crippen LogP contribution in [0.3, 0.4) is 0 Å². The maximum atomic E-state index is 11.0. The van der Waals surface area contributed by atoms with Gasteiger partial charge in [0.2, 0.25) is 0 Å². The molecule has 0 aromatic heterocycles. The first-order chi connectivity index (χ1) is 6.41. The first kappa shape index (κ1) is 12.0. The van der Waals surface area contributed by atoms with Crippen molar-refractivity contribution in [3.63, 3.8) is 0 Å². The molecule has 1 saturated heterocycles. The molecular formula is C9H16ClNO2S. The van der Waals surface area contributed by atoms with Gasteiger partial charge in [-0.2, -0.15) is 0 Å². The van der Waals surface area contributed by atoms with Gasteiger partial charge in [-0.25, -0.2) is 8.42 Å². The molecule has 0 amide bonds. The highest BCUT2D eigenvalue weighted by Gasteiger charge is 2.23. The maximum absolute atomic E-state index is 11.0. The molecule has 0 N–H and O–H groups in total. The second-order valence-corrected chi connectivity index (χ2v) is 6.48. The van der Waals surface area contributed by atoms with Crippen LogP contribution in [0.5, 0.6) is 0 Å². The van der Waals surface area contributed by atoms with E-state index in [0.29, 0.717) is 6.42 Å². The van der Waals surface area contributed by atoms with Gasteiger partial charge in [0.1, 0.15) is 0 Å². The first-order valence-electron chi connectivity index (χ1n) is 4.74. The van der Waals surface area contributed by atoms with Gasteiger partial charge >= 0.3 is 0 Å². The van der Waals surface area contributed by atoms with E-state index >= 15 is 0 Å². The molecule has 1 rings (SSSR count). The monoisotopic (exact) mass is 237 g/mol. The molecule has 0 aromatic rings. The number of nitrogens with zero attached hydrogens (tertiary/aromatic N) is 1. The number of likely N-dealkylation sites (tertiary alicyclic amines) is 1. The van der Waals surface area contributed by atoms with Crippen molar-refractivity contribution in [2.24, 2.45) is 0 Å². The zero-order valence-electron chi connectivity index (χ0n) is 8.37. The summed E-state index contributed by atoms with van der Waals surface area (Å²) in [4.78, 5) is 2.31. The molecule has 1 atom stereocenters. The molecule has 0 aromatic carbocycles. The fourth-order valence-electron chi connectivity index (χ4n) is 1.76. The predicted molar refractivity (Wildman–Crippen MR) is 58.8 cm³/mol. The largest absolute Gasteiger partial charge is 0.303 e. The predicted octanol–water partition coefficient (Wildman–Crippen LogP) is 1.94. The SMILES string of the molecule is C=C(CC1CCCCN1C)S(=O)(=O)Cl. The standard InChI is InChI=1S/C9H16ClNO2S/c1-8(14(10,12)13)7-9-5-3-4-6-11(9)2/h9H,1,3-7H2,2H3. The lowest BCUT2D eigenvalue weighted by atomic mass is 10.0. The molecule has 5 heteroatoms. The Kier molecular flexibility index (Phi) is 3.98. The second kappa shape index (κ2) is 4.64. The fourth-order valence-corrected chi connectivity index (χ4v) is 2.34. The zero-order valence-corrected chi connectivity index (χ0v) is 9.94. The zero-order chi connectivity index (χ0) is 10.8. The van der Waals surface area contributed by atoms with Gasteiger partial charge in [-0.15, -0.1) is 0 Å². The molecule has 14 heavy (non-hydrogen) atoms. The molecule has 0 spiro atoms. The van der Waals surface area contributed by atoms with Crippen LogP contribution < -0.4 is 0 Å². The minimum atomic E-state index is -3.57. The van der Waals surface area contributed by atoms with E-state index in [1.54, 1.807) is 0 Å². The summed E-state index contributed by atoms with van der Waals surface area (Å²) >= 11 is 0. The highest BCUT2D eigenvalue weighted by atomic mass is 35.7. The van der Waals surface area contributed by atoms with Gasteiger partial charge in [-0.05, 0) is 32.9 Å². The number of hydrogen-bond donors (Lipinski definition) is 0. The highest BCUT2D eigenvalue weighted by molar-refractivity contribution is 8.16. The van der Waals surface area contributed by atoms with E-state index in [-0.39, 0.29) is 10.9 Å². The van der Waals surface area contributed by atoms with E-state index in [0.717, 1.165) is 19.4 Å². The Morgan fingerprint density at radius 1 is 1.57 bits per heavy atom. The van der Waals surface area contributed by atoms with Gasteiger partial charge < -0.3 is 4.90 Å². The van der Waals surface area contributed by atoms with Crippen LogP contribution in [0.2, 0.25) is 0 Å². The van der Waals surface area contributed by atoms with E-state index in [4.69, 9.17) is 10.7 Å². The Hall–Kier alpha value is -0.0600. The molecule has 0 saturated carbocycles. The van der Waals surface area contributed by atoms with Crippen LogP contribution in [0.15, 0.2) is 11.5 Å². The number of piperidine rings is 1. The van der Waals surface area contributed by atoms with Crippen molar-refractivity contribution in [1.82, 2.24) is 4.90 Å². The summed E-state index contributed by atoms with van der Waals surface area (Å²) < 4.78 is 21.9. The van der Waals surface area contributed by atoms with Gasteiger partial charge in [-0.3, -0.25) is 0 Å². The lowest BCUT2D eigenvalue weighted by molar-refractivity contribution is 0.186. The number of halogens is 1. The van der Waals surface area contributed by atoms with Crippen molar-refractivity contribution in [3.05, 3.63) is 11.5 Å². The minimum Gasteiger partial charge on any atom is -0.303 e. The molecule has 0 bridgehead atoms. The van der Waals surface area contributed by atoms with Gasteiger partial charge in [0, 0.05) is 16.7 Å². The number of hydrogen-bond acceptors (Lipinski definition) is 3. The molecule has 1 aliphatic rings. The topological polar surface area (TPSA) is 37.4 Å². The molecule has 1 aliphatic heterocycles. The maximum Gasteiger partial charge on any atom is 0.256 e. The van der Waals surface area contributed by atoms with Crippen molar-refractivity contribution in [2.75, 3.05) is 13.6 Å².